The Kier molecular flexibility index (Phi) is 4.62. The van der Waals surface area contributed by atoms with Gasteiger partial charge >= 0.3 is 0 Å². The van der Waals surface area contributed by atoms with Gasteiger partial charge in [-0.1, -0.05) is 32.4 Å². The topological polar surface area (TPSA) is 38.0 Å². The number of nitrogens with zero attached hydrogens (tertiary/aromatic N) is 2. The molecule has 0 bridgehead atoms. The molecule has 1 atom stereocenters. The SMILES string of the molecule is Cc1nn(C)c(CCCC(O)C(C)(C)C)c1Cl. The summed E-state index contributed by atoms with van der Waals surface area (Å²) in [7, 11) is 1.91. The molecule has 0 spiro atoms. The third kappa shape index (κ3) is 3.71. The van der Waals surface area contributed by atoms with Crippen LogP contribution in [-0.2, 0) is 13.5 Å². The van der Waals surface area contributed by atoms with Crippen LogP contribution in [0.1, 0.15) is 45.0 Å². The average molecular weight is 259 g/mol. The van der Waals surface area contributed by atoms with Crippen molar-refractivity contribution in [3.05, 3.63) is 16.4 Å². The molecule has 1 N–H and O–H groups in total. The minimum Gasteiger partial charge on any atom is -0.393 e. The molecular formula is C13H23ClN2O. The van der Waals surface area contributed by atoms with E-state index in [1.165, 1.54) is 0 Å². The van der Waals surface area contributed by atoms with Gasteiger partial charge in [0.05, 0.1) is 22.5 Å². The molecule has 0 saturated carbocycles. The van der Waals surface area contributed by atoms with E-state index in [9.17, 15) is 5.11 Å². The molecule has 0 amide bonds. The number of rotatable bonds is 4. The van der Waals surface area contributed by atoms with Gasteiger partial charge in [-0.2, -0.15) is 5.10 Å². The molecule has 1 aromatic rings. The molecule has 1 heterocycles. The summed E-state index contributed by atoms with van der Waals surface area (Å²) < 4.78 is 1.83. The lowest BCUT2D eigenvalue weighted by atomic mass is 9.86. The Morgan fingerprint density at radius 2 is 2.00 bits per heavy atom. The van der Waals surface area contributed by atoms with Crippen LogP contribution >= 0.6 is 11.6 Å². The first-order valence-electron chi connectivity index (χ1n) is 6.09. The quantitative estimate of drug-likeness (QED) is 0.901. The molecule has 0 saturated heterocycles. The molecule has 0 radical (unpaired) electrons. The highest BCUT2D eigenvalue weighted by Crippen LogP contribution is 2.25. The second-order valence-corrected chi connectivity index (χ2v) is 6.12. The van der Waals surface area contributed by atoms with Crippen LogP contribution in [0.5, 0.6) is 0 Å². The van der Waals surface area contributed by atoms with Gasteiger partial charge in [0.15, 0.2) is 0 Å². The molecule has 17 heavy (non-hydrogen) atoms. The molecule has 3 nitrogen and oxygen atoms in total. The van der Waals surface area contributed by atoms with E-state index < -0.39 is 0 Å². The van der Waals surface area contributed by atoms with Crippen molar-refractivity contribution >= 4 is 11.6 Å². The highest BCUT2D eigenvalue weighted by Gasteiger charge is 2.21. The van der Waals surface area contributed by atoms with Crippen molar-refractivity contribution < 1.29 is 5.11 Å². The Labute approximate surface area is 109 Å². The Balaban J connectivity index is 2.52. The smallest absolute Gasteiger partial charge is 0.0846 e. The van der Waals surface area contributed by atoms with E-state index in [-0.39, 0.29) is 11.5 Å². The molecule has 1 rings (SSSR count). The van der Waals surface area contributed by atoms with E-state index in [0.717, 1.165) is 35.7 Å². The molecule has 0 aliphatic rings. The van der Waals surface area contributed by atoms with Crippen molar-refractivity contribution in [3.8, 4) is 0 Å². The molecule has 0 aromatic carbocycles. The van der Waals surface area contributed by atoms with E-state index in [1.54, 1.807) is 0 Å². The Morgan fingerprint density at radius 3 is 2.41 bits per heavy atom. The van der Waals surface area contributed by atoms with Gasteiger partial charge in [0.25, 0.3) is 0 Å². The summed E-state index contributed by atoms with van der Waals surface area (Å²) in [5, 5.41) is 15.0. The summed E-state index contributed by atoms with van der Waals surface area (Å²) in [4.78, 5) is 0. The maximum absolute atomic E-state index is 9.95. The van der Waals surface area contributed by atoms with Gasteiger partial charge in [0, 0.05) is 7.05 Å². The molecule has 98 valence electrons. The predicted molar refractivity (Wildman–Crippen MR) is 71.4 cm³/mol. The van der Waals surface area contributed by atoms with Crippen LogP contribution in [0.15, 0.2) is 0 Å². The van der Waals surface area contributed by atoms with Gasteiger partial charge in [-0.05, 0) is 31.6 Å². The highest BCUT2D eigenvalue weighted by molar-refractivity contribution is 6.31. The summed E-state index contributed by atoms with van der Waals surface area (Å²) in [5.41, 5.74) is 1.89. The summed E-state index contributed by atoms with van der Waals surface area (Å²) >= 11 is 6.17. The van der Waals surface area contributed by atoms with Crippen LogP contribution in [0.4, 0.5) is 0 Å². The fraction of sp³-hybridized carbons (Fsp3) is 0.769. The minimum absolute atomic E-state index is 0.0494. The number of aliphatic hydroxyl groups excluding tert-OH is 1. The van der Waals surface area contributed by atoms with Crippen LogP contribution in [0.25, 0.3) is 0 Å². The van der Waals surface area contributed by atoms with Gasteiger partial charge in [0.1, 0.15) is 0 Å². The average Bonchev–Trinajstić information content (AvgIpc) is 2.42. The minimum atomic E-state index is -0.268. The zero-order valence-corrected chi connectivity index (χ0v) is 12.2. The lowest BCUT2D eigenvalue weighted by Crippen LogP contribution is -2.25. The zero-order valence-electron chi connectivity index (χ0n) is 11.4. The maximum Gasteiger partial charge on any atom is 0.0846 e. The number of aryl methyl sites for hydroxylation is 2. The van der Waals surface area contributed by atoms with Crippen molar-refractivity contribution in [2.24, 2.45) is 12.5 Å². The predicted octanol–water partition coefficient (Wildman–Crippen LogP) is 3.11. The van der Waals surface area contributed by atoms with Gasteiger partial charge in [-0.15, -0.1) is 0 Å². The molecule has 0 fully saturated rings. The summed E-state index contributed by atoms with van der Waals surface area (Å²) in [6.45, 7) is 8.08. The Morgan fingerprint density at radius 1 is 1.41 bits per heavy atom. The zero-order chi connectivity index (χ0) is 13.2. The van der Waals surface area contributed by atoms with E-state index in [1.807, 2.05) is 18.7 Å². The molecule has 1 unspecified atom stereocenters. The number of aromatic nitrogens is 2. The summed E-state index contributed by atoms with van der Waals surface area (Å²) in [6, 6.07) is 0. The normalized spacial score (nSPS) is 14.1. The number of hydrogen-bond donors (Lipinski definition) is 1. The molecular weight excluding hydrogens is 236 g/mol. The van der Waals surface area contributed by atoms with Crippen molar-refractivity contribution in [1.82, 2.24) is 9.78 Å². The first-order valence-corrected chi connectivity index (χ1v) is 6.47. The van der Waals surface area contributed by atoms with Crippen LogP contribution in [0, 0.1) is 12.3 Å². The molecule has 0 aliphatic heterocycles. The van der Waals surface area contributed by atoms with Crippen molar-refractivity contribution in [1.29, 1.82) is 0 Å². The Bertz CT molecular complexity index is 380. The molecule has 4 heteroatoms. The maximum atomic E-state index is 9.95. The lowest BCUT2D eigenvalue weighted by molar-refractivity contribution is 0.0539. The van der Waals surface area contributed by atoms with Gasteiger partial charge in [0.2, 0.25) is 0 Å². The third-order valence-corrected chi connectivity index (χ3v) is 3.64. The van der Waals surface area contributed by atoms with Crippen molar-refractivity contribution in [2.45, 2.75) is 53.1 Å². The van der Waals surface area contributed by atoms with E-state index in [4.69, 9.17) is 11.6 Å². The Hall–Kier alpha value is -0.540. The highest BCUT2D eigenvalue weighted by atomic mass is 35.5. The largest absolute Gasteiger partial charge is 0.393 e. The second kappa shape index (κ2) is 5.40. The molecule has 0 aliphatic carbocycles. The third-order valence-electron chi connectivity index (χ3n) is 3.15. The first-order chi connectivity index (χ1) is 7.73. The van der Waals surface area contributed by atoms with Crippen LogP contribution in [0.2, 0.25) is 5.02 Å². The van der Waals surface area contributed by atoms with Gasteiger partial charge < -0.3 is 5.11 Å². The van der Waals surface area contributed by atoms with Crippen LogP contribution in [0.3, 0.4) is 0 Å². The monoisotopic (exact) mass is 258 g/mol. The van der Waals surface area contributed by atoms with Crippen molar-refractivity contribution in [3.63, 3.8) is 0 Å². The number of halogens is 1. The van der Waals surface area contributed by atoms with Gasteiger partial charge in [-0.3, -0.25) is 4.68 Å². The summed E-state index contributed by atoms with van der Waals surface area (Å²) in [5.74, 6) is 0. The van der Waals surface area contributed by atoms with E-state index in [2.05, 4.69) is 25.9 Å². The van der Waals surface area contributed by atoms with Crippen molar-refractivity contribution in [2.75, 3.05) is 0 Å². The fourth-order valence-electron chi connectivity index (χ4n) is 1.85. The summed E-state index contributed by atoms with van der Waals surface area (Å²) in [6.07, 6.45) is 2.32. The van der Waals surface area contributed by atoms with Crippen LogP contribution in [-0.4, -0.2) is 21.0 Å². The van der Waals surface area contributed by atoms with Gasteiger partial charge in [-0.25, -0.2) is 0 Å². The second-order valence-electron chi connectivity index (χ2n) is 5.74. The lowest BCUT2D eigenvalue weighted by Gasteiger charge is -2.25. The number of hydrogen-bond acceptors (Lipinski definition) is 2. The van der Waals surface area contributed by atoms with Crippen LogP contribution < -0.4 is 0 Å². The standard InChI is InChI=1S/C13H23ClN2O/c1-9-12(14)10(16(5)15-9)7-6-8-11(17)13(2,3)4/h11,17H,6-8H2,1-5H3. The fourth-order valence-corrected chi connectivity index (χ4v) is 2.10. The number of aliphatic hydroxyl groups is 1. The molecule has 1 aromatic heterocycles. The van der Waals surface area contributed by atoms with E-state index >= 15 is 0 Å². The first kappa shape index (κ1) is 14.5. The van der Waals surface area contributed by atoms with E-state index in [0.29, 0.717) is 0 Å².